The number of rotatable bonds is 4. The minimum Gasteiger partial charge on any atom is -0.469 e. The van der Waals surface area contributed by atoms with Crippen molar-refractivity contribution in [1.82, 2.24) is 10.3 Å². The lowest BCUT2D eigenvalue weighted by Gasteiger charge is -2.19. The van der Waals surface area contributed by atoms with Crippen molar-refractivity contribution in [1.29, 1.82) is 0 Å². The van der Waals surface area contributed by atoms with Crippen LogP contribution < -0.4 is 10.2 Å². The van der Waals surface area contributed by atoms with Crippen molar-refractivity contribution < 1.29 is 4.42 Å². The van der Waals surface area contributed by atoms with Gasteiger partial charge in [-0.2, -0.15) is 0 Å². The van der Waals surface area contributed by atoms with Crippen LogP contribution in [-0.2, 0) is 13.0 Å². The Labute approximate surface area is 123 Å². The van der Waals surface area contributed by atoms with E-state index in [4.69, 9.17) is 9.40 Å². The molecule has 5 heteroatoms. The summed E-state index contributed by atoms with van der Waals surface area (Å²) in [6, 6.07) is 2.52. The van der Waals surface area contributed by atoms with E-state index < -0.39 is 0 Å². The molecule has 2 heterocycles. The maximum atomic E-state index is 5.36. The summed E-state index contributed by atoms with van der Waals surface area (Å²) in [5.74, 6) is 0.992. The van der Waals surface area contributed by atoms with E-state index in [0.29, 0.717) is 6.04 Å². The summed E-state index contributed by atoms with van der Waals surface area (Å²) in [4.78, 5) is 8.47. The molecule has 0 aromatic carbocycles. The second kappa shape index (κ2) is 5.58. The molecule has 2 aromatic heterocycles. The molecule has 0 spiro atoms. The van der Waals surface area contributed by atoms with Crippen LogP contribution in [0.25, 0.3) is 0 Å². The van der Waals surface area contributed by atoms with Gasteiger partial charge in [0.25, 0.3) is 0 Å². The Balaban J connectivity index is 1.80. The van der Waals surface area contributed by atoms with Crippen LogP contribution in [0.5, 0.6) is 0 Å². The highest BCUT2D eigenvalue weighted by Gasteiger charge is 2.24. The van der Waals surface area contributed by atoms with Crippen molar-refractivity contribution in [3.8, 4) is 0 Å². The highest BCUT2D eigenvalue weighted by atomic mass is 32.1. The van der Waals surface area contributed by atoms with Gasteiger partial charge in [0.2, 0.25) is 0 Å². The summed E-state index contributed by atoms with van der Waals surface area (Å²) in [5.41, 5.74) is 2.51. The predicted octanol–water partition coefficient (Wildman–Crippen LogP) is 3.28. The van der Waals surface area contributed by atoms with E-state index in [9.17, 15) is 0 Å². The number of nitrogens with one attached hydrogen (secondary N) is 1. The summed E-state index contributed by atoms with van der Waals surface area (Å²) >= 11 is 1.83. The van der Waals surface area contributed by atoms with Crippen LogP contribution in [0.4, 0.5) is 5.13 Å². The molecule has 0 fully saturated rings. The van der Waals surface area contributed by atoms with Crippen LogP contribution in [-0.4, -0.2) is 19.1 Å². The van der Waals surface area contributed by atoms with Gasteiger partial charge in [-0.3, -0.25) is 0 Å². The van der Waals surface area contributed by atoms with Gasteiger partial charge in [-0.1, -0.05) is 11.3 Å². The molecule has 0 amide bonds. The fourth-order valence-electron chi connectivity index (χ4n) is 2.74. The smallest absolute Gasteiger partial charge is 0.185 e. The van der Waals surface area contributed by atoms with Crippen LogP contribution in [0.15, 0.2) is 16.7 Å². The normalized spacial score (nSPS) is 18.1. The van der Waals surface area contributed by atoms with Gasteiger partial charge in [0.15, 0.2) is 5.13 Å². The summed E-state index contributed by atoms with van der Waals surface area (Å²) < 4.78 is 5.36. The zero-order chi connectivity index (χ0) is 14.1. The highest BCUT2D eigenvalue weighted by Crippen LogP contribution is 2.37. The average Bonchev–Trinajstić information content (AvgIpc) is 3.05. The quantitative estimate of drug-likeness (QED) is 0.938. The molecule has 0 saturated carbocycles. The second-order valence-corrected chi connectivity index (χ2v) is 6.41. The van der Waals surface area contributed by atoms with Crippen molar-refractivity contribution in [2.45, 2.75) is 38.8 Å². The zero-order valence-electron chi connectivity index (χ0n) is 12.3. The number of anilines is 1. The Morgan fingerprint density at radius 3 is 3.10 bits per heavy atom. The topological polar surface area (TPSA) is 41.3 Å². The zero-order valence-corrected chi connectivity index (χ0v) is 13.1. The number of hydrogen-bond acceptors (Lipinski definition) is 5. The molecular weight excluding hydrogens is 270 g/mol. The van der Waals surface area contributed by atoms with E-state index in [0.717, 1.165) is 23.9 Å². The molecule has 1 N–H and O–H groups in total. The summed E-state index contributed by atoms with van der Waals surface area (Å²) in [7, 11) is 4.14. The number of fused-ring (bicyclic) bond motifs is 1. The molecule has 1 aliphatic rings. The molecule has 4 nitrogen and oxygen atoms in total. The SMILES string of the molecule is CNC1CCCc2nc(N(C)Cc3ccoc3C)sc21. The molecule has 0 saturated heterocycles. The van der Waals surface area contributed by atoms with E-state index in [1.165, 1.54) is 29.0 Å². The largest absolute Gasteiger partial charge is 0.469 e. The molecule has 0 bridgehead atoms. The third-order valence-electron chi connectivity index (χ3n) is 3.99. The molecule has 108 valence electrons. The number of thiazole rings is 1. The molecule has 2 aromatic rings. The standard InChI is InChI=1S/C15H21N3OS/c1-10-11(7-8-19-10)9-18(3)15-17-13-6-4-5-12(16-2)14(13)20-15/h7-8,12,16H,4-6,9H2,1-3H3. The molecule has 3 rings (SSSR count). The van der Waals surface area contributed by atoms with E-state index in [1.54, 1.807) is 6.26 Å². The molecule has 0 radical (unpaired) electrons. The fraction of sp³-hybridized carbons (Fsp3) is 0.533. The summed E-state index contributed by atoms with van der Waals surface area (Å²) in [6.07, 6.45) is 5.31. The molecule has 20 heavy (non-hydrogen) atoms. The first kappa shape index (κ1) is 13.6. The minimum atomic E-state index is 0.481. The fourth-order valence-corrected chi connectivity index (χ4v) is 3.96. The Hall–Kier alpha value is -1.33. The van der Waals surface area contributed by atoms with Gasteiger partial charge in [-0.25, -0.2) is 4.98 Å². The van der Waals surface area contributed by atoms with Gasteiger partial charge in [-0.15, -0.1) is 0 Å². The van der Waals surface area contributed by atoms with Crippen LogP contribution in [0.1, 0.15) is 40.8 Å². The van der Waals surface area contributed by atoms with Crippen molar-refractivity contribution in [3.05, 3.63) is 34.2 Å². The maximum Gasteiger partial charge on any atom is 0.185 e. The van der Waals surface area contributed by atoms with Gasteiger partial charge < -0.3 is 14.6 Å². The van der Waals surface area contributed by atoms with Crippen LogP contribution in [0.2, 0.25) is 0 Å². The third-order valence-corrected chi connectivity index (χ3v) is 5.31. The maximum absolute atomic E-state index is 5.36. The molecular formula is C15H21N3OS. The van der Waals surface area contributed by atoms with Crippen molar-refractivity contribution in [2.24, 2.45) is 0 Å². The molecule has 1 aliphatic carbocycles. The van der Waals surface area contributed by atoms with Crippen LogP contribution >= 0.6 is 11.3 Å². The Bertz CT molecular complexity index is 590. The van der Waals surface area contributed by atoms with E-state index >= 15 is 0 Å². The van der Waals surface area contributed by atoms with Gasteiger partial charge in [0.05, 0.1) is 12.0 Å². The molecule has 0 aliphatic heterocycles. The number of nitrogens with zero attached hydrogens (tertiary/aromatic N) is 2. The van der Waals surface area contributed by atoms with E-state index in [2.05, 4.69) is 17.3 Å². The van der Waals surface area contributed by atoms with Gasteiger partial charge >= 0.3 is 0 Å². The second-order valence-electron chi connectivity index (χ2n) is 5.40. The van der Waals surface area contributed by atoms with E-state index in [1.807, 2.05) is 31.4 Å². The third kappa shape index (κ3) is 2.47. The number of aryl methyl sites for hydroxylation is 2. The Morgan fingerprint density at radius 1 is 1.55 bits per heavy atom. The molecule has 1 unspecified atom stereocenters. The first-order chi connectivity index (χ1) is 9.69. The Morgan fingerprint density at radius 2 is 2.40 bits per heavy atom. The monoisotopic (exact) mass is 291 g/mol. The first-order valence-electron chi connectivity index (χ1n) is 7.10. The lowest BCUT2D eigenvalue weighted by molar-refractivity contribution is 0.501. The van der Waals surface area contributed by atoms with Gasteiger partial charge in [0, 0.05) is 30.1 Å². The van der Waals surface area contributed by atoms with Crippen molar-refractivity contribution in [3.63, 3.8) is 0 Å². The molecule has 1 atom stereocenters. The lowest BCUT2D eigenvalue weighted by atomic mass is 9.98. The lowest BCUT2D eigenvalue weighted by Crippen LogP contribution is -2.19. The average molecular weight is 291 g/mol. The van der Waals surface area contributed by atoms with E-state index in [-0.39, 0.29) is 0 Å². The number of hydrogen-bond donors (Lipinski definition) is 1. The Kier molecular flexibility index (Phi) is 3.81. The van der Waals surface area contributed by atoms with Gasteiger partial charge in [0.1, 0.15) is 5.76 Å². The van der Waals surface area contributed by atoms with Crippen LogP contribution in [0.3, 0.4) is 0 Å². The minimum absolute atomic E-state index is 0.481. The van der Waals surface area contributed by atoms with Gasteiger partial charge in [-0.05, 0) is 39.3 Å². The number of aromatic nitrogens is 1. The summed E-state index contributed by atoms with van der Waals surface area (Å²) in [6.45, 7) is 2.85. The van der Waals surface area contributed by atoms with Crippen LogP contribution in [0, 0.1) is 6.92 Å². The first-order valence-corrected chi connectivity index (χ1v) is 7.91. The highest BCUT2D eigenvalue weighted by molar-refractivity contribution is 7.15. The van der Waals surface area contributed by atoms with Crippen molar-refractivity contribution in [2.75, 3.05) is 19.0 Å². The summed E-state index contributed by atoms with van der Waals surface area (Å²) in [5, 5.41) is 4.51. The predicted molar refractivity (Wildman–Crippen MR) is 82.4 cm³/mol. The van der Waals surface area contributed by atoms with Crippen molar-refractivity contribution >= 4 is 16.5 Å². The number of furan rings is 1.